The molecule has 2 heterocycles. The van der Waals surface area contributed by atoms with Crippen molar-refractivity contribution in [2.45, 2.75) is 6.67 Å². The highest BCUT2D eigenvalue weighted by atomic mass is 19.1. The molecule has 4 aromatic rings. The number of imidazole rings is 1. The van der Waals surface area contributed by atoms with E-state index in [1.165, 1.54) is 53.4 Å². The molecule has 0 bridgehead atoms. The Morgan fingerprint density at radius 2 is 1.86 bits per heavy atom. The highest BCUT2D eigenvalue weighted by molar-refractivity contribution is 5.70. The summed E-state index contributed by atoms with van der Waals surface area (Å²) in [5.74, 6) is -1.68. The number of nitrogens with zero attached hydrogens (tertiary/aromatic N) is 4. The number of fused-ring (bicyclic) bond motifs is 1. The average molecular weight is 386 g/mol. The number of rotatable bonds is 4. The molecule has 4 rings (SSSR count). The van der Waals surface area contributed by atoms with Crippen LogP contribution in [0.4, 0.5) is 13.2 Å². The molecule has 0 saturated heterocycles. The number of hydrogen-bond donors (Lipinski definition) is 0. The molecule has 28 heavy (non-hydrogen) atoms. The second kappa shape index (κ2) is 6.84. The van der Waals surface area contributed by atoms with E-state index in [0.717, 1.165) is 4.57 Å². The maximum Gasteiger partial charge on any atom is 0.311 e. The smallest absolute Gasteiger partial charge is 0.311 e. The second-order valence-electron chi connectivity index (χ2n) is 6.00. The Hall–Kier alpha value is -3.62. The Kier molecular flexibility index (Phi) is 4.34. The summed E-state index contributed by atoms with van der Waals surface area (Å²) in [5.41, 5.74) is -0.217. The van der Waals surface area contributed by atoms with E-state index in [2.05, 4.69) is 9.97 Å². The van der Waals surface area contributed by atoms with Crippen LogP contribution in [0.1, 0.15) is 5.56 Å². The molecule has 0 radical (unpaired) electrons. The molecular formula is C19H13F3N4O2. The Morgan fingerprint density at radius 1 is 1.11 bits per heavy atom. The summed E-state index contributed by atoms with van der Waals surface area (Å²) >= 11 is 0. The van der Waals surface area contributed by atoms with E-state index in [9.17, 15) is 18.0 Å². The van der Waals surface area contributed by atoms with Gasteiger partial charge in [-0.15, -0.1) is 0 Å². The number of hydrogen-bond acceptors (Lipinski definition) is 4. The molecule has 142 valence electrons. The van der Waals surface area contributed by atoms with E-state index in [4.69, 9.17) is 4.74 Å². The molecule has 0 fully saturated rings. The molecular weight excluding hydrogens is 373 g/mol. The van der Waals surface area contributed by atoms with E-state index in [1.54, 1.807) is 7.05 Å². The standard InChI is InChI=1S/C19H13F3N4O2/c1-25-10-23-16-17(25)24-19(28-14-4-2-3-11(9-20)15(14)22)26(18(16)27)13-7-5-12(21)6-8-13/h2-8,10H,9H2,1H3. The molecule has 0 aliphatic carbocycles. The van der Waals surface area contributed by atoms with Crippen molar-refractivity contribution in [1.82, 2.24) is 19.1 Å². The number of aryl methyl sites for hydroxylation is 1. The normalized spacial score (nSPS) is 11.1. The van der Waals surface area contributed by atoms with Crippen LogP contribution in [0.5, 0.6) is 11.8 Å². The molecule has 0 atom stereocenters. The lowest BCUT2D eigenvalue weighted by Crippen LogP contribution is -2.22. The lowest BCUT2D eigenvalue weighted by Gasteiger charge is -2.14. The number of alkyl halides is 1. The summed E-state index contributed by atoms with van der Waals surface area (Å²) in [7, 11) is 1.64. The largest absolute Gasteiger partial charge is 0.422 e. The van der Waals surface area contributed by atoms with Crippen molar-refractivity contribution in [3.05, 3.63) is 76.3 Å². The van der Waals surface area contributed by atoms with Gasteiger partial charge in [-0.05, 0) is 30.3 Å². The van der Waals surface area contributed by atoms with Gasteiger partial charge in [0.25, 0.3) is 5.56 Å². The molecule has 0 spiro atoms. The van der Waals surface area contributed by atoms with E-state index < -0.39 is 23.9 Å². The summed E-state index contributed by atoms with van der Waals surface area (Å²) < 4.78 is 48.8. The van der Waals surface area contributed by atoms with Gasteiger partial charge in [0.2, 0.25) is 0 Å². The predicted molar refractivity (Wildman–Crippen MR) is 95.4 cm³/mol. The predicted octanol–water partition coefficient (Wildman–Crippen LogP) is 3.66. The third kappa shape index (κ3) is 2.90. The molecule has 0 aliphatic heterocycles. The summed E-state index contributed by atoms with van der Waals surface area (Å²) in [6.07, 6.45) is 1.40. The molecule has 9 heteroatoms. The van der Waals surface area contributed by atoms with Crippen LogP contribution in [0.2, 0.25) is 0 Å². The first kappa shape index (κ1) is 17.8. The first-order valence-electron chi connectivity index (χ1n) is 8.21. The maximum atomic E-state index is 14.4. The molecule has 0 aliphatic rings. The van der Waals surface area contributed by atoms with Crippen LogP contribution in [0.25, 0.3) is 16.9 Å². The molecule has 6 nitrogen and oxygen atoms in total. The first-order chi connectivity index (χ1) is 13.5. The van der Waals surface area contributed by atoms with Crippen molar-refractivity contribution in [1.29, 1.82) is 0 Å². The zero-order chi connectivity index (χ0) is 19.8. The summed E-state index contributed by atoms with van der Waals surface area (Å²) in [4.78, 5) is 21.3. The van der Waals surface area contributed by atoms with Crippen molar-refractivity contribution in [3.63, 3.8) is 0 Å². The van der Waals surface area contributed by atoms with E-state index in [1.807, 2.05) is 0 Å². The quantitative estimate of drug-likeness (QED) is 0.537. The maximum absolute atomic E-state index is 14.4. The topological polar surface area (TPSA) is 61.9 Å². The fourth-order valence-electron chi connectivity index (χ4n) is 2.76. The Bertz CT molecular complexity index is 1230. The minimum atomic E-state index is -1.01. The Balaban J connectivity index is 1.96. The number of benzene rings is 2. The average Bonchev–Trinajstić information content (AvgIpc) is 3.06. The molecule has 0 unspecified atom stereocenters. The van der Waals surface area contributed by atoms with Crippen molar-refractivity contribution < 1.29 is 17.9 Å². The summed E-state index contributed by atoms with van der Waals surface area (Å²) in [6.45, 7) is -1.01. The van der Waals surface area contributed by atoms with Crippen molar-refractivity contribution >= 4 is 11.2 Å². The molecule has 0 saturated carbocycles. The Morgan fingerprint density at radius 3 is 2.57 bits per heavy atom. The minimum Gasteiger partial charge on any atom is -0.422 e. The van der Waals surface area contributed by atoms with Gasteiger partial charge in [0.15, 0.2) is 22.7 Å². The van der Waals surface area contributed by atoms with Crippen LogP contribution in [0.3, 0.4) is 0 Å². The zero-order valence-electron chi connectivity index (χ0n) is 14.6. The van der Waals surface area contributed by atoms with Crippen LogP contribution in [-0.2, 0) is 13.7 Å². The van der Waals surface area contributed by atoms with Gasteiger partial charge in [-0.3, -0.25) is 4.79 Å². The van der Waals surface area contributed by atoms with Gasteiger partial charge in [0, 0.05) is 12.6 Å². The third-order valence-electron chi connectivity index (χ3n) is 4.18. The summed E-state index contributed by atoms with van der Waals surface area (Å²) in [5, 5.41) is 0. The van der Waals surface area contributed by atoms with Gasteiger partial charge in [-0.2, -0.15) is 4.98 Å². The van der Waals surface area contributed by atoms with Crippen molar-refractivity contribution in [2.75, 3.05) is 0 Å². The van der Waals surface area contributed by atoms with Gasteiger partial charge in [0.1, 0.15) is 12.5 Å². The van der Waals surface area contributed by atoms with Gasteiger partial charge in [-0.1, -0.05) is 12.1 Å². The van der Waals surface area contributed by atoms with E-state index in [-0.39, 0.29) is 34.2 Å². The van der Waals surface area contributed by atoms with Crippen LogP contribution in [0.15, 0.2) is 53.6 Å². The monoisotopic (exact) mass is 386 g/mol. The number of halogens is 3. The fraction of sp³-hybridized carbons (Fsp3) is 0.105. The summed E-state index contributed by atoms with van der Waals surface area (Å²) in [6, 6.07) is 8.79. The second-order valence-corrected chi connectivity index (χ2v) is 6.00. The highest BCUT2D eigenvalue weighted by Gasteiger charge is 2.19. The highest BCUT2D eigenvalue weighted by Crippen LogP contribution is 2.27. The zero-order valence-corrected chi connectivity index (χ0v) is 14.6. The fourth-order valence-corrected chi connectivity index (χ4v) is 2.76. The number of aromatic nitrogens is 4. The molecule has 2 aromatic carbocycles. The van der Waals surface area contributed by atoms with Gasteiger partial charge in [0.05, 0.1) is 12.0 Å². The number of ether oxygens (including phenoxy) is 1. The van der Waals surface area contributed by atoms with Crippen molar-refractivity contribution in [3.8, 4) is 17.4 Å². The van der Waals surface area contributed by atoms with E-state index >= 15 is 0 Å². The van der Waals surface area contributed by atoms with Crippen LogP contribution >= 0.6 is 0 Å². The minimum absolute atomic E-state index is 0.0668. The lowest BCUT2D eigenvalue weighted by atomic mass is 10.2. The first-order valence-corrected chi connectivity index (χ1v) is 8.21. The van der Waals surface area contributed by atoms with Gasteiger partial charge < -0.3 is 9.30 Å². The van der Waals surface area contributed by atoms with Gasteiger partial charge >= 0.3 is 6.01 Å². The SMILES string of the molecule is Cn1cnc2c(=O)n(-c3ccc(F)cc3)c(Oc3cccc(CF)c3F)nc21. The molecule has 2 aromatic heterocycles. The van der Waals surface area contributed by atoms with E-state index in [0.29, 0.717) is 0 Å². The van der Waals surface area contributed by atoms with Crippen LogP contribution in [0, 0.1) is 11.6 Å². The molecule has 0 N–H and O–H groups in total. The van der Waals surface area contributed by atoms with Crippen LogP contribution in [-0.4, -0.2) is 19.1 Å². The third-order valence-corrected chi connectivity index (χ3v) is 4.18. The molecule has 0 amide bonds. The van der Waals surface area contributed by atoms with Crippen LogP contribution < -0.4 is 10.3 Å². The lowest BCUT2D eigenvalue weighted by molar-refractivity contribution is 0.388. The van der Waals surface area contributed by atoms with Gasteiger partial charge in [-0.25, -0.2) is 22.7 Å². The Labute approximate surface area is 156 Å². The van der Waals surface area contributed by atoms with Crippen molar-refractivity contribution in [2.24, 2.45) is 7.05 Å².